The van der Waals surface area contributed by atoms with Crippen molar-refractivity contribution in [3.05, 3.63) is 23.2 Å². The molecule has 0 bridgehead atoms. The fourth-order valence-electron chi connectivity index (χ4n) is 3.12. The number of carbonyl (C=O) groups is 1. The van der Waals surface area contributed by atoms with Crippen molar-refractivity contribution < 1.29 is 13.2 Å². The van der Waals surface area contributed by atoms with E-state index in [1.54, 1.807) is 18.2 Å². The normalized spacial score (nSPS) is 21.2. The molecule has 1 amide bonds. The summed E-state index contributed by atoms with van der Waals surface area (Å²) < 4.78 is 25.4. The fourth-order valence-corrected chi connectivity index (χ4v) is 4.97. The van der Waals surface area contributed by atoms with Gasteiger partial charge >= 0.3 is 0 Å². The lowest BCUT2D eigenvalue weighted by molar-refractivity contribution is -0.119. The van der Waals surface area contributed by atoms with Crippen LogP contribution in [-0.4, -0.2) is 26.6 Å². The summed E-state index contributed by atoms with van der Waals surface area (Å²) in [5.41, 5.74) is 1.04. The molecule has 0 radical (unpaired) electrons. The number of sulfonamides is 1. The van der Waals surface area contributed by atoms with E-state index >= 15 is 0 Å². The number of anilines is 2. The zero-order valence-electron chi connectivity index (χ0n) is 12.2. The first-order valence-electron chi connectivity index (χ1n) is 7.58. The fraction of sp³-hybridized carbons (Fsp3) is 0.533. The molecule has 1 heterocycles. The summed E-state index contributed by atoms with van der Waals surface area (Å²) in [5, 5.41) is 3.26. The van der Waals surface area contributed by atoms with E-state index in [1.807, 2.05) is 0 Å². The van der Waals surface area contributed by atoms with Gasteiger partial charge in [-0.05, 0) is 37.5 Å². The minimum absolute atomic E-state index is 0.00931. The number of halogens is 1. The molecule has 1 N–H and O–H groups in total. The summed E-state index contributed by atoms with van der Waals surface area (Å²) in [6, 6.07) is 4.99. The molecule has 2 fully saturated rings. The van der Waals surface area contributed by atoms with Crippen molar-refractivity contribution in [2.45, 2.75) is 32.1 Å². The molecule has 7 heteroatoms. The maximum absolute atomic E-state index is 12.2. The topological polar surface area (TPSA) is 66.5 Å². The Morgan fingerprint density at radius 2 is 1.95 bits per heavy atom. The number of benzene rings is 1. The number of rotatable bonds is 3. The number of nitrogens with one attached hydrogen (secondary N) is 1. The minimum atomic E-state index is -3.29. The lowest BCUT2D eigenvalue weighted by atomic mass is 10.1. The molecule has 3 rings (SSSR count). The molecular formula is C15H19ClN2O3S. The summed E-state index contributed by atoms with van der Waals surface area (Å²) in [5.74, 6) is 0.215. The summed E-state index contributed by atoms with van der Waals surface area (Å²) >= 11 is 6.15. The quantitative estimate of drug-likeness (QED) is 0.918. The van der Waals surface area contributed by atoms with Crippen LogP contribution in [0, 0.1) is 5.92 Å². The largest absolute Gasteiger partial charge is 0.326 e. The van der Waals surface area contributed by atoms with E-state index < -0.39 is 10.0 Å². The third-order valence-corrected chi connectivity index (χ3v) is 6.48. The highest BCUT2D eigenvalue weighted by molar-refractivity contribution is 7.93. The van der Waals surface area contributed by atoms with E-state index in [0.717, 1.165) is 25.7 Å². The van der Waals surface area contributed by atoms with Gasteiger partial charge in [-0.2, -0.15) is 0 Å². The van der Waals surface area contributed by atoms with Crippen molar-refractivity contribution >= 4 is 38.9 Å². The average molecular weight is 343 g/mol. The van der Waals surface area contributed by atoms with E-state index in [4.69, 9.17) is 11.6 Å². The molecule has 1 saturated carbocycles. The van der Waals surface area contributed by atoms with E-state index in [9.17, 15) is 13.2 Å². The molecule has 0 aromatic heterocycles. The molecule has 2 aliphatic rings. The lowest BCUT2D eigenvalue weighted by Crippen LogP contribution is -2.26. The van der Waals surface area contributed by atoms with Gasteiger partial charge in [0.15, 0.2) is 0 Å². The second kappa shape index (κ2) is 6.08. The van der Waals surface area contributed by atoms with E-state index in [1.165, 1.54) is 4.31 Å². The predicted molar refractivity (Wildman–Crippen MR) is 87.8 cm³/mol. The van der Waals surface area contributed by atoms with E-state index in [2.05, 4.69) is 5.32 Å². The van der Waals surface area contributed by atoms with Gasteiger partial charge in [0.1, 0.15) is 0 Å². The highest BCUT2D eigenvalue weighted by atomic mass is 35.5. The van der Waals surface area contributed by atoms with Crippen LogP contribution in [0.4, 0.5) is 11.4 Å². The Hall–Kier alpha value is -1.27. The molecule has 1 aliphatic carbocycles. The highest BCUT2D eigenvalue weighted by Crippen LogP contribution is 2.34. The zero-order valence-corrected chi connectivity index (χ0v) is 13.8. The van der Waals surface area contributed by atoms with Crippen molar-refractivity contribution in [3.63, 3.8) is 0 Å². The monoisotopic (exact) mass is 342 g/mol. The van der Waals surface area contributed by atoms with Crippen LogP contribution in [0.3, 0.4) is 0 Å². The molecule has 0 unspecified atom stereocenters. The van der Waals surface area contributed by atoms with Gasteiger partial charge in [-0.3, -0.25) is 9.10 Å². The second-order valence-corrected chi connectivity index (χ2v) is 8.30. The van der Waals surface area contributed by atoms with Gasteiger partial charge in [0.05, 0.1) is 16.5 Å². The third kappa shape index (κ3) is 3.08. The number of nitrogens with zero attached hydrogens (tertiary/aromatic N) is 1. The highest BCUT2D eigenvalue weighted by Gasteiger charge is 2.30. The molecule has 5 nitrogen and oxygen atoms in total. The first-order chi connectivity index (χ1) is 10.5. The van der Waals surface area contributed by atoms with Crippen LogP contribution in [0.2, 0.25) is 5.02 Å². The first-order valence-corrected chi connectivity index (χ1v) is 9.57. The molecule has 120 valence electrons. The summed E-state index contributed by atoms with van der Waals surface area (Å²) in [6.45, 7) is 0.433. The van der Waals surface area contributed by atoms with Crippen molar-refractivity contribution in [2.24, 2.45) is 5.92 Å². The Kier molecular flexibility index (Phi) is 4.32. The van der Waals surface area contributed by atoms with Crippen molar-refractivity contribution in [3.8, 4) is 0 Å². The summed E-state index contributed by atoms with van der Waals surface area (Å²) in [7, 11) is -3.29. The molecule has 0 spiro atoms. The lowest BCUT2D eigenvalue weighted by Gasteiger charge is -2.20. The molecule has 0 atom stereocenters. The second-order valence-electron chi connectivity index (χ2n) is 5.88. The van der Waals surface area contributed by atoms with E-state index in [0.29, 0.717) is 29.4 Å². The molecule has 1 aromatic carbocycles. The van der Waals surface area contributed by atoms with Gasteiger partial charge in [-0.1, -0.05) is 24.4 Å². The SMILES string of the molecule is O=C(Nc1ccc(Cl)c(N2CCCS2(=O)=O)c1)C1CCCC1. The predicted octanol–water partition coefficient (Wildman–Crippen LogP) is 3.01. The Balaban J connectivity index is 1.82. The van der Waals surface area contributed by atoms with Crippen LogP contribution in [0.5, 0.6) is 0 Å². The van der Waals surface area contributed by atoms with Gasteiger partial charge in [0.2, 0.25) is 15.9 Å². The smallest absolute Gasteiger partial charge is 0.235 e. The third-order valence-electron chi connectivity index (χ3n) is 4.31. The number of hydrogen-bond acceptors (Lipinski definition) is 3. The van der Waals surface area contributed by atoms with Crippen molar-refractivity contribution in [1.29, 1.82) is 0 Å². The minimum Gasteiger partial charge on any atom is -0.326 e. The van der Waals surface area contributed by atoms with Crippen molar-refractivity contribution in [1.82, 2.24) is 0 Å². The van der Waals surface area contributed by atoms with Crippen LogP contribution in [0.15, 0.2) is 18.2 Å². The number of amides is 1. The molecule has 22 heavy (non-hydrogen) atoms. The zero-order chi connectivity index (χ0) is 15.7. The van der Waals surface area contributed by atoms with Gasteiger partial charge in [-0.15, -0.1) is 0 Å². The number of carbonyl (C=O) groups excluding carboxylic acids is 1. The Morgan fingerprint density at radius 3 is 2.59 bits per heavy atom. The molecule has 1 saturated heterocycles. The Labute approximate surface area is 135 Å². The van der Waals surface area contributed by atoms with Crippen molar-refractivity contribution in [2.75, 3.05) is 21.9 Å². The average Bonchev–Trinajstić information content (AvgIpc) is 3.10. The summed E-state index contributed by atoms with van der Waals surface area (Å²) in [6.07, 6.45) is 4.63. The van der Waals surface area contributed by atoms with E-state index in [-0.39, 0.29) is 17.6 Å². The van der Waals surface area contributed by atoms with Gasteiger partial charge < -0.3 is 5.32 Å². The molecule has 1 aliphatic heterocycles. The van der Waals surface area contributed by atoms with Crippen LogP contribution >= 0.6 is 11.6 Å². The molecular weight excluding hydrogens is 324 g/mol. The standard InChI is InChI=1S/C15H19ClN2O3S/c16-13-7-6-12(17-15(19)11-4-1-2-5-11)10-14(13)18-8-3-9-22(18,20)21/h6-7,10-11H,1-5,8-9H2,(H,17,19). The van der Waals surface area contributed by atoms with Crippen LogP contribution in [0.1, 0.15) is 32.1 Å². The number of hydrogen-bond donors (Lipinski definition) is 1. The Bertz CT molecular complexity index is 684. The Morgan fingerprint density at radius 1 is 1.23 bits per heavy atom. The maximum atomic E-state index is 12.2. The van der Waals surface area contributed by atoms with Gasteiger partial charge in [0.25, 0.3) is 0 Å². The van der Waals surface area contributed by atoms with Crippen LogP contribution in [-0.2, 0) is 14.8 Å². The van der Waals surface area contributed by atoms with Crippen LogP contribution in [0.25, 0.3) is 0 Å². The molecule has 1 aromatic rings. The van der Waals surface area contributed by atoms with Gasteiger partial charge in [-0.25, -0.2) is 8.42 Å². The maximum Gasteiger partial charge on any atom is 0.235 e. The van der Waals surface area contributed by atoms with Crippen LogP contribution < -0.4 is 9.62 Å². The first kappa shape index (κ1) is 15.6. The van der Waals surface area contributed by atoms with Gasteiger partial charge in [0, 0.05) is 18.2 Å². The summed E-state index contributed by atoms with van der Waals surface area (Å²) in [4.78, 5) is 12.2.